The highest BCUT2D eigenvalue weighted by Gasteiger charge is 2.28. The first kappa shape index (κ1) is 74.4. The lowest BCUT2D eigenvalue weighted by Crippen LogP contribution is -2.53. The standard InChI is InChI=1S/C53H104N4O20/c1-5-47(2)52(53(61)56-49(48(3)58)12-8-9-15-54)57-51(60)13-7-6-10-16-55-50(59)14-11-17-63-20-21-65-38-40-74-42-44-76-46-77-45-43-75-41-39-73-37-36-72-35-34-71-33-32-70-31-30-69-29-28-68-27-26-67-25-24-66-23-22-64-19-18-62-4/h47,49,52H,5-46,54H2,1-4H3,(H,55,59)(H,56,61)(H,57,60)/t47-,49-,52-/m0/s1. The van der Waals surface area contributed by atoms with Gasteiger partial charge >= 0.3 is 0 Å². The molecule has 0 unspecified atom stereocenters. The molecular weight excluding hydrogens is 1010 g/mol. The Kier molecular flexibility index (Phi) is 59.0. The fourth-order valence-electron chi connectivity index (χ4n) is 6.50. The summed E-state index contributed by atoms with van der Waals surface area (Å²) in [5.41, 5.74) is 5.56. The topological polar surface area (TPSA) is 278 Å². The third-order valence-corrected chi connectivity index (χ3v) is 11.1. The van der Waals surface area contributed by atoms with Crippen molar-refractivity contribution in [3.05, 3.63) is 0 Å². The SMILES string of the molecule is CC[C@H](C)[C@H](NC(=O)CCCCCNC(=O)CCCOCCOCCOCCOCOCCOCCOCCOCCOCCOCCOCCOCCOCCOCCOCCOC)C(=O)N[C@@H](CCCCN)C(C)=O. The first-order valence-corrected chi connectivity index (χ1v) is 28.0. The Labute approximate surface area is 460 Å². The van der Waals surface area contributed by atoms with E-state index in [0.717, 1.165) is 25.7 Å². The van der Waals surface area contributed by atoms with E-state index in [1.54, 1.807) is 7.11 Å². The fraction of sp³-hybridized carbons (Fsp3) is 0.925. The number of ketones is 1. The molecule has 0 aromatic heterocycles. The van der Waals surface area contributed by atoms with Gasteiger partial charge in [-0.05, 0) is 57.9 Å². The van der Waals surface area contributed by atoms with Crippen LogP contribution >= 0.6 is 0 Å². The van der Waals surface area contributed by atoms with Gasteiger partial charge in [0, 0.05) is 33.1 Å². The highest BCUT2D eigenvalue weighted by Crippen LogP contribution is 2.11. The minimum absolute atomic E-state index is 0.0416. The lowest BCUT2D eigenvalue weighted by molar-refractivity contribution is -0.132. The van der Waals surface area contributed by atoms with Crippen LogP contribution in [0.15, 0.2) is 0 Å². The number of nitrogens with two attached hydrogens (primary N) is 1. The Morgan fingerprint density at radius 3 is 1.14 bits per heavy atom. The van der Waals surface area contributed by atoms with Crippen LogP contribution in [0.3, 0.4) is 0 Å². The average Bonchev–Trinajstić information content (AvgIpc) is 3.42. The third-order valence-electron chi connectivity index (χ3n) is 11.1. The summed E-state index contributed by atoms with van der Waals surface area (Å²) in [5, 5.41) is 8.61. The number of nitrogens with one attached hydrogen (secondary N) is 3. The van der Waals surface area contributed by atoms with E-state index < -0.39 is 12.1 Å². The Morgan fingerprint density at radius 1 is 0.416 bits per heavy atom. The Bertz CT molecular complexity index is 1300. The number of amides is 3. The molecule has 0 saturated carbocycles. The molecule has 0 aromatic carbocycles. The van der Waals surface area contributed by atoms with Crippen LogP contribution in [0.5, 0.6) is 0 Å². The monoisotopic (exact) mass is 1120 g/mol. The fourth-order valence-corrected chi connectivity index (χ4v) is 6.50. The van der Waals surface area contributed by atoms with Gasteiger partial charge in [0.2, 0.25) is 17.7 Å². The van der Waals surface area contributed by atoms with Crippen LogP contribution in [0.1, 0.15) is 85.0 Å². The predicted octanol–water partition coefficient (Wildman–Crippen LogP) is 2.03. The maximum absolute atomic E-state index is 13.0. The van der Waals surface area contributed by atoms with Crippen LogP contribution in [0.25, 0.3) is 0 Å². The van der Waals surface area contributed by atoms with Crippen molar-refractivity contribution in [1.82, 2.24) is 16.0 Å². The molecule has 0 heterocycles. The number of carbonyl (C=O) groups excluding carboxylic acids is 4. The minimum atomic E-state index is -0.714. The van der Waals surface area contributed by atoms with Gasteiger partial charge < -0.3 is 97.5 Å². The van der Waals surface area contributed by atoms with Gasteiger partial charge in [0.25, 0.3) is 0 Å². The minimum Gasteiger partial charge on any atom is -0.382 e. The van der Waals surface area contributed by atoms with Crippen LogP contribution in [0.2, 0.25) is 0 Å². The molecule has 77 heavy (non-hydrogen) atoms. The molecule has 0 saturated heterocycles. The highest BCUT2D eigenvalue weighted by molar-refractivity contribution is 5.92. The first-order valence-electron chi connectivity index (χ1n) is 28.0. The molecule has 0 aliphatic carbocycles. The third kappa shape index (κ3) is 55.1. The average molecular weight is 1120 g/mol. The van der Waals surface area contributed by atoms with E-state index in [9.17, 15) is 19.2 Å². The van der Waals surface area contributed by atoms with E-state index in [4.69, 9.17) is 81.5 Å². The Hall–Kier alpha value is -2.60. The van der Waals surface area contributed by atoms with E-state index in [-0.39, 0.29) is 42.6 Å². The maximum atomic E-state index is 13.0. The summed E-state index contributed by atoms with van der Waals surface area (Å²) in [6.07, 6.45) is 6.10. The molecular formula is C53H104N4O20. The van der Waals surface area contributed by atoms with Crippen LogP contribution < -0.4 is 21.7 Å². The zero-order valence-corrected chi connectivity index (χ0v) is 47.7. The van der Waals surface area contributed by atoms with E-state index in [1.807, 2.05) is 13.8 Å². The van der Waals surface area contributed by atoms with Gasteiger partial charge in [-0.3, -0.25) is 19.2 Å². The summed E-state index contributed by atoms with van der Waals surface area (Å²) in [7, 11) is 1.64. The summed E-state index contributed by atoms with van der Waals surface area (Å²) in [6.45, 7) is 20.4. The van der Waals surface area contributed by atoms with Gasteiger partial charge in [0.15, 0.2) is 5.78 Å². The van der Waals surface area contributed by atoms with Crippen molar-refractivity contribution in [3.63, 3.8) is 0 Å². The number of carbonyl (C=O) groups is 4. The molecule has 0 rings (SSSR count). The molecule has 0 bridgehead atoms. The zero-order chi connectivity index (χ0) is 56.2. The van der Waals surface area contributed by atoms with Crippen molar-refractivity contribution in [2.45, 2.75) is 97.1 Å². The summed E-state index contributed by atoms with van der Waals surface area (Å²) in [4.78, 5) is 50.0. The van der Waals surface area contributed by atoms with E-state index in [2.05, 4.69) is 16.0 Å². The van der Waals surface area contributed by atoms with Crippen molar-refractivity contribution < 1.29 is 95.0 Å². The predicted molar refractivity (Wildman–Crippen MR) is 287 cm³/mol. The molecule has 24 heteroatoms. The molecule has 0 fully saturated rings. The molecule has 456 valence electrons. The largest absolute Gasteiger partial charge is 0.382 e. The number of hydrogen-bond donors (Lipinski definition) is 4. The highest BCUT2D eigenvalue weighted by atomic mass is 16.7. The van der Waals surface area contributed by atoms with Crippen molar-refractivity contribution in [2.75, 3.05) is 219 Å². The van der Waals surface area contributed by atoms with Gasteiger partial charge in [-0.15, -0.1) is 0 Å². The lowest BCUT2D eigenvalue weighted by Gasteiger charge is -2.26. The second-order valence-electron chi connectivity index (χ2n) is 17.5. The second kappa shape index (κ2) is 61.0. The second-order valence-corrected chi connectivity index (χ2v) is 17.5. The lowest BCUT2D eigenvalue weighted by atomic mass is 9.96. The molecule has 3 amide bonds. The summed E-state index contributed by atoms with van der Waals surface area (Å²) < 4.78 is 86.9. The van der Waals surface area contributed by atoms with Crippen LogP contribution in [0, 0.1) is 5.92 Å². The molecule has 24 nitrogen and oxygen atoms in total. The molecule has 3 atom stereocenters. The molecule has 0 radical (unpaired) electrons. The molecule has 5 N–H and O–H groups in total. The van der Waals surface area contributed by atoms with Crippen LogP contribution in [-0.2, 0) is 95.0 Å². The smallest absolute Gasteiger partial charge is 0.243 e. The Morgan fingerprint density at radius 2 is 0.779 bits per heavy atom. The Balaban J connectivity index is 3.38. The molecule has 0 spiro atoms. The summed E-state index contributed by atoms with van der Waals surface area (Å²) in [6, 6.07) is -1.30. The number of rotatable bonds is 64. The first-order chi connectivity index (χ1) is 37.8. The number of unbranched alkanes of at least 4 members (excludes halogenated alkanes) is 3. The van der Waals surface area contributed by atoms with E-state index in [0.29, 0.717) is 237 Å². The van der Waals surface area contributed by atoms with Gasteiger partial charge in [0.05, 0.1) is 191 Å². The zero-order valence-electron chi connectivity index (χ0n) is 47.7. The quantitative estimate of drug-likeness (QED) is 0.0501. The number of Topliss-reactive ketones (excluding diaryl/α,β-unsaturated/α-hetero) is 1. The van der Waals surface area contributed by atoms with Crippen molar-refractivity contribution in [1.29, 1.82) is 0 Å². The van der Waals surface area contributed by atoms with Crippen LogP contribution in [0.4, 0.5) is 0 Å². The summed E-state index contributed by atoms with van der Waals surface area (Å²) in [5.74, 6) is -0.793. The molecule has 0 aliphatic heterocycles. The normalized spacial score (nSPS) is 12.7. The maximum Gasteiger partial charge on any atom is 0.243 e. The molecule has 0 aromatic rings. The number of hydrogen-bond acceptors (Lipinski definition) is 21. The molecule has 0 aliphatic rings. The van der Waals surface area contributed by atoms with Gasteiger partial charge in [0.1, 0.15) is 12.8 Å². The van der Waals surface area contributed by atoms with Gasteiger partial charge in [-0.1, -0.05) is 26.7 Å². The number of ether oxygens (including phenoxy) is 16. The van der Waals surface area contributed by atoms with Crippen molar-refractivity contribution in [2.24, 2.45) is 11.7 Å². The van der Waals surface area contributed by atoms with Gasteiger partial charge in [-0.25, -0.2) is 0 Å². The van der Waals surface area contributed by atoms with Crippen molar-refractivity contribution >= 4 is 23.5 Å². The summed E-state index contributed by atoms with van der Waals surface area (Å²) >= 11 is 0. The van der Waals surface area contributed by atoms with E-state index in [1.165, 1.54) is 6.92 Å². The number of methoxy groups -OCH3 is 1. The van der Waals surface area contributed by atoms with Crippen LogP contribution in [-0.4, -0.2) is 254 Å². The van der Waals surface area contributed by atoms with Crippen molar-refractivity contribution in [3.8, 4) is 0 Å². The van der Waals surface area contributed by atoms with E-state index >= 15 is 0 Å². The van der Waals surface area contributed by atoms with Gasteiger partial charge in [-0.2, -0.15) is 0 Å².